The molecule has 2 aliphatic heterocycles. The van der Waals surface area contributed by atoms with Crippen LogP contribution in [-0.2, 0) is 21.0 Å². The van der Waals surface area contributed by atoms with Crippen molar-refractivity contribution in [3.05, 3.63) is 53.2 Å². The molecule has 0 bridgehead atoms. The number of carbonyl (C=O) groups is 1. The van der Waals surface area contributed by atoms with Crippen molar-refractivity contribution in [2.75, 3.05) is 23.7 Å². The van der Waals surface area contributed by atoms with Crippen LogP contribution >= 0.6 is 0 Å². The van der Waals surface area contributed by atoms with Crippen LogP contribution < -0.4 is 4.90 Å². The van der Waals surface area contributed by atoms with Crippen LogP contribution in [0.4, 0.5) is 19.4 Å². The molecule has 46 heavy (non-hydrogen) atoms. The lowest BCUT2D eigenvalue weighted by Crippen LogP contribution is -2.60. The molecule has 2 aromatic heterocycles. The number of aryl methyl sites for hydroxylation is 1. The van der Waals surface area contributed by atoms with Crippen molar-refractivity contribution < 1.29 is 26.7 Å². The first-order valence-electron chi connectivity index (χ1n) is 15.3. The zero-order valence-electron chi connectivity index (χ0n) is 26.4. The number of fused-ring (bicyclic) bond motifs is 3. The van der Waals surface area contributed by atoms with Gasteiger partial charge in [0.15, 0.2) is 5.82 Å². The van der Waals surface area contributed by atoms with Crippen LogP contribution in [-0.4, -0.2) is 70.9 Å². The number of rotatable bonds is 4. The Hall–Kier alpha value is -4.37. The number of piperazine rings is 1. The molecule has 2 aromatic carbocycles. The Morgan fingerprint density at radius 3 is 2.52 bits per heavy atom. The van der Waals surface area contributed by atoms with Gasteiger partial charge in [-0.25, -0.2) is 36.9 Å². The standard InChI is InChI=1S/C34H35F2N5O4S/c1-7-20-17-40-21(18-41(20)33(42)45-34(4,5)6)14-16-25-27-30(38-32(39-31(27)40)46(43,44)9-3)28(36)29(37-25)23-12-10-11-19-13-15-24(35)22(8-2)26(19)23/h2,10-13,15,20-21H,7,9,14,16-18H2,1,3-6H3/t20-,21-/m1/s1. The monoisotopic (exact) mass is 647 g/mol. The molecule has 0 N–H and O–H groups in total. The van der Waals surface area contributed by atoms with Crippen LogP contribution in [0.1, 0.15) is 58.7 Å². The Kier molecular flexibility index (Phi) is 7.87. The molecule has 12 heteroatoms. The molecule has 0 aliphatic carbocycles. The lowest BCUT2D eigenvalue weighted by molar-refractivity contribution is 0.00972. The number of hydrogen-bond acceptors (Lipinski definition) is 8. The first kappa shape index (κ1) is 31.6. The number of aromatic nitrogens is 3. The molecule has 1 amide bonds. The Bertz CT molecular complexity index is 2060. The zero-order chi connectivity index (χ0) is 33.1. The second-order valence-electron chi connectivity index (χ2n) is 12.7. The van der Waals surface area contributed by atoms with Crippen molar-refractivity contribution in [3.63, 3.8) is 0 Å². The van der Waals surface area contributed by atoms with Crippen LogP contribution in [0.25, 0.3) is 32.9 Å². The fraction of sp³-hybridized carbons (Fsp3) is 0.412. The topological polar surface area (TPSA) is 106 Å². The molecule has 6 rings (SSSR count). The second-order valence-corrected chi connectivity index (χ2v) is 14.9. The summed E-state index contributed by atoms with van der Waals surface area (Å²) in [5, 5.41) is 0.754. The summed E-state index contributed by atoms with van der Waals surface area (Å²) in [4.78, 5) is 30.6. The summed E-state index contributed by atoms with van der Waals surface area (Å²) in [6.45, 7) is 9.50. The van der Waals surface area contributed by atoms with E-state index in [1.165, 1.54) is 13.0 Å². The largest absolute Gasteiger partial charge is 0.444 e. The van der Waals surface area contributed by atoms with Gasteiger partial charge in [0.1, 0.15) is 28.4 Å². The van der Waals surface area contributed by atoms with E-state index in [-0.39, 0.29) is 46.0 Å². The van der Waals surface area contributed by atoms with Crippen molar-refractivity contribution in [1.29, 1.82) is 0 Å². The zero-order valence-corrected chi connectivity index (χ0v) is 27.2. The van der Waals surface area contributed by atoms with Crippen LogP contribution in [0.5, 0.6) is 0 Å². The number of halogens is 2. The van der Waals surface area contributed by atoms with Crippen molar-refractivity contribution in [2.45, 2.75) is 76.7 Å². The van der Waals surface area contributed by atoms with E-state index in [0.29, 0.717) is 54.2 Å². The third-order valence-electron chi connectivity index (χ3n) is 8.66. The molecule has 0 radical (unpaired) electrons. The lowest BCUT2D eigenvalue weighted by atomic mass is 9.95. The Morgan fingerprint density at radius 2 is 1.85 bits per heavy atom. The van der Waals surface area contributed by atoms with E-state index < -0.39 is 38.3 Å². The Labute approximate surface area is 266 Å². The quantitative estimate of drug-likeness (QED) is 0.195. The van der Waals surface area contributed by atoms with Crippen LogP contribution in [0, 0.1) is 24.0 Å². The van der Waals surface area contributed by atoms with Gasteiger partial charge < -0.3 is 14.5 Å². The fourth-order valence-electron chi connectivity index (χ4n) is 6.39. The number of amides is 1. The van der Waals surface area contributed by atoms with E-state index in [4.69, 9.17) is 16.1 Å². The molecule has 0 unspecified atom stereocenters. The van der Waals surface area contributed by atoms with Crippen LogP contribution in [0.3, 0.4) is 0 Å². The molecule has 2 aliphatic rings. The van der Waals surface area contributed by atoms with E-state index in [2.05, 4.69) is 15.9 Å². The van der Waals surface area contributed by atoms with Crippen molar-refractivity contribution in [2.24, 2.45) is 0 Å². The molecule has 240 valence electrons. The van der Waals surface area contributed by atoms with Crippen LogP contribution in [0.15, 0.2) is 35.5 Å². The maximum Gasteiger partial charge on any atom is 0.410 e. The highest BCUT2D eigenvalue weighted by atomic mass is 32.2. The molecular weight excluding hydrogens is 612 g/mol. The minimum Gasteiger partial charge on any atom is -0.444 e. The van der Waals surface area contributed by atoms with Gasteiger partial charge in [0.05, 0.1) is 28.4 Å². The number of sulfone groups is 1. The van der Waals surface area contributed by atoms with Gasteiger partial charge in [-0.1, -0.05) is 44.0 Å². The highest BCUT2D eigenvalue weighted by Gasteiger charge is 2.41. The summed E-state index contributed by atoms with van der Waals surface area (Å²) in [6.07, 6.45) is 6.75. The van der Waals surface area contributed by atoms with Gasteiger partial charge in [0.25, 0.3) is 0 Å². The van der Waals surface area contributed by atoms with E-state index in [0.717, 1.165) is 0 Å². The highest BCUT2D eigenvalue weighted by molar-refractivity contribution is 7.91. The number of pyridine rings is 1. The van der Waals surface area contributed by atoms with Crippen molar-refractivity contribution in [3.8, 4) is 23.6 Å². The smallest absolute Gasteiger partial charge is 0.410 e. The summed E-state index contributed by atoms with van der Waals surface area (Å²) in [7, 11) is -3.97. The fourth-order valence-corrected chi connectivity index (χ4v) is 7.10. The molecule has 4 aromatic rings. The van der Waals surface area contributed by atoms with Gasteiger partial charge >= 0.3 is 6.09 Å². The molecule has 2 atom stereocenters. The maximum atomic E-state index is 16.9. The van der Waals surface area contributed by atoms with E-state index >= 15 is 4.39 Å². The number of hydrogen-bond donors (Lipinski definition) is 0. The van der Waals surface area contributed by atoms with Gasteiger partial charge in [-0.3, -0.25) is 0 Å². The lowest BCUT2D eigenvalue weighted by Gasteiger charge is -2.46. The van der Waals surface area contributed by atoms with Crippen molar-refractivity contribution in [1.82, 2.24) is 19.9 Å². The number of benzene rings is 2. The highest BCUT2D eigenvalue weighted by Crippen LogP contribution is 2.41. The Morgan fingerprint density at radius 1 is 1.09 bits per heavy atom. The normalized spacial score (nSPS) is 18.3. The number of terminal acetylenes is 1. The SMILES string of the molecule is C#Cc1c(F)ccc2cccc(-c3nc4c5c(nc(S(=O)(=O)CC)nc5c3F)N3C[C@@H](CC)N(C(=O)OC(C)(C)C)C[C@H]3CC4)c12. The molecule has 1 saturated heterocycles. The van der Waals surface area contributed by atoms with Gasteiger partial charge in [0, 0.05) is 30.1 Å². The number of carbonyl (C=O) groups excluding carboxylic acids is 1. The van der Waals surface area contributed by atoms with Gasteiger partial charge in [0.2, 0.25) is 15.0 Å². The summed E-state index contributed by atoms with van der Waals surface area (Å²) >= 11 is 0. The summed E-state index contributed by atoms with van der Waals surface area (Å²) in [5.74, 6) is 0.893. The molecule has 1 fully saturated rings. The van der Waals surface area contributed by atoms with Gasteiger partial charge in [-0.15, -0.1) is 6.42 Å². The van der Waals surface area contributed by atoms with E-state index in [9.17, 15) is 17.6 Å². The second kappa shape index (κ2) is 11.5. The predicted molar refractivity (Wildman–Crippen MR) is 172 cm³/mol. The number of anilines is 1. The molecule has 4 heterocycles. The predicted octanol–water partition coefficient (Wildman–Crippen LogP) is 6.05. The maximum absolute atomic E-state index is 16.9. The van der Waals surface area contributed by atoms with E-state index in [1.807, 2.05) is 32.6 Å². The number of ether oxygens (including phenoxy) is 1. The first-order chi connectivity index (χ1) is 21.8. The third kappa shape index (κ3) is 5.30. The van der Waals surface area contributed by atoms with Crippen LogP contribution in [0.2, 0.25) is 0 Å². The molecule has 9 nitrogen and oxygen atoms in total. The summed E-state index contributed by atoms with van der Waals surface area (Å²) in [6, 6.07) is 7.34. The average molecular weight is 648 g/mol. The van der Waals surface area contributed by atoms with E-state index in [1.54, 1.807) is 29.2 Å². The molecule has 0 spiro atoms. The van der Waals surface area contributed by atoms with Gasteiger partial charge in [-0.05, 0) is 51.5 Å². The summed E-state index contributed by atoms with van der Waals surface area (Å²) in [5.41, 5.74) is -0.260. The van der Waals surface area contributed by atoms with Gasteiger partial charge in [-0.2, -0.15) is 0 Å². The average Bonchev–Trinajstić information content (AvgIpc) is 3.17. The number of nitrogens with zero attached hydrogens (tertiary/aromatic N) is 5. The molecular formula is C34H35F2N5O4S. The third-order valence-corrected chi connectivity index (χ3v) is 10.2. The Balaban J connectivity index is 1.59. The molecule has 0 saturated carbocycles. The van der Waals surface area contributed by atoms with Crippen molar-refractivity contribution >= 4 is 43.4 Å². The minimum absolute atomic E-state index is 0.0251. The first-order valence-corrected chi connectivity index (χ1v) is 17.0. The summed E-state index contributed by atoms with van der Waals surface area (Å²) < 4.78 is 63.9. The minimum atomic E-state index is -3.97.